The first-order valence-electron chi connectivity index (χ1n) is 25.2. The highest BCUT2D eigenvalue weighted by Crippen LogP contribution is 2.24. The van der Waals surface area contributed by atoms with Gasteiger partial charge in [0.15, 0.2) is 12.4 Å². The summed E-state index contributed by atoms with van der Waals surface area (Å²) in [6, 6.07) is 0. The third-order valence-electron chi connectivity index (χ3n) is 11.4. The molecule has 0 spiro atoms. The molecule has 0 aromatic rings. The molecular formula is C51H90O12S. The van der Waals surface area contributed by atoms with Gasteiger partial charge in [-0.15, -0.1) is 0 Å². The fourth-order valence-electron chi connectivity index (χ4n) is 7.51. The zero-order valence-corrected chi connectivity index (χ0v) is 40.7. The molecule has 64 heavy (non-hydrogen) atoms. The maximum Gasteiger partial charge on any atom is 0.306 e. The van der Waals surface area contributed by atoms with E-state index in [1.54, 1.807) is 0 Å². The molecule has 12 nitrogen and oxygen atoms in total. The van der Waals surface area contributed by atoms with Crippen LogP contribution < -0.4 is 0 Å². The van der Waals surface area contributed by atoms with Crippen LogP contribution in [0.4, 0.5) is 0 Å². The van der Waals surface area contributed by atoms with Crippen molar-refractivity contribution in [1.29, 1.82) is 0 Å². The number of allylic oxidation sites excluding steroid dienone is 8. The van der Waals surface area contributed by atoms with Crippen LogP contribution >= 0.6 is 0 Å². The van der Waals surface area contributed by atoms with Gasteiger partial charge in [0.25, 0.3) is 10.1 Å². The first-order valence-corrected chi connectivity index (χ1v) is 26.8. The quantitative estimate of drug-likeness (QED) is 0.0197. The first-order chi connectivity index (χ1) is 31.0. The molecule has 0 radical (unpaired) electrons. The van der Waals surface area contributed by atoms with Crippen molar-refractivity contribution >= 4 is 22.1 Å². The molecule has 0 saturated carbocycles. The molecule has 1 fully saturated rings. The molecule has 1 saturated heterocycles. The van der Waals surface area contributed by atoms with Gasteiger partial charge in [0.2, 0.25) is 0 Å². The molecule has 4 N–H and O–H groups in total. The average Bonchev–Trinajstić information content (AvgIpc) is 3.26. The van der Waals surface area contributed by atoms with E-state index in [1.165, 1.54) is 83.5 Å². The second-order valence-electron chi connectivity index (χ2n) is 17.4. The van der Waals surface area contributed by atoms with Crippen LogP contribution in [0.3, 0.4) is 0 Å². The molecule has 372 valence electrons. The van der Waals surface area contributed by atoms with Crippen molar-refractivity contribution in [1.82, 2.24) is 0 Å². The van der Waals surface area contributed by atoms with Gasteiger partial charge in [-0.05, 0) is 70.6 Å². The summed E-state index contributed by atoms with van der Waals surface area (Å²) in [4.78, 5) is 25.5. The van der Waals surface area contributed by atoms with Gasteiger partial charge < -0.3 is 34.3 Å². The van der Waals surface area contributed by atoms with E-state index < -0.39 is 71.2 Å². The third kappa shape index (κ3) is 34.9. The summed E-state index contributed by atoms with van der Waals surface area (Å²) in [6.07, 6.45) is 40.0. The summed E-state index contributed by atoms with van der Waals surface area (Å²) in [5.74, 6) is -2.00. The minimum absolute atomic E-state index is 0.152. The van der Waals surface area contributed by atoms with Crippen LogP contribution in [0.15, 0.2) is 48.6 Å². The van der Waals surface area contributed by atoms with Crippen LogP contribution in [0.1, 0.15) is 206 Å². The van der Waals surface area contributed by atoms with Crippen LogP contribution in [0, 0.1) is 0 Å². The summed E-state index contributed by atoms with van der Waals surface area (Å²) in [6.45, 7) is 3.65. The van der Waals surface area contributed by atoms with Crippen LogP contribution in [-0.2, 0) is 38.7 Å². The molecule has 0 aliphatic carbocycles. The van der Waals surface area contributed by atoms with E-state index >= 15 is 0 Å². The zero-order valence-electron chi connectivity index (χ0n) is 39.9. The topological polar surface area (TPSA) is 186 Å². The molecule has 0 aromatic carbocycles. The lowest BCUT2D eigenvalue weighted by molar-refractivity contribution is -0.297. The largest absolute Gasteiger partial charge is 0.462 e. The molecule has 0 bridgehead atoms. The standard InChI is InChI=1S/C51H90O12S/c1-3-5-7-9-11-13-15-17-19-21-22-24-25-27-29-31-33-35-37-39-46(52)60-41-44(42-61-51-50(56)49(55)48(54)45(63-51)43-64(57,58)59)62-47(53)40-38-36-34-32-30-28-26-23-20-18-16-14-12-10-8-6-4-2/h6,8,12,14,17-20,44-45,48-51,54-56H,3-5,7,9-11,13,15-16,21-43H2,1-2H3,(H,57,58,59)/b8-6-,14-12-,19-17-,20-18-. The second-order valence-corrected chi connectivity index (χ2v) is 18.9. The van der Waals surface area contributed by atoms with Crippen LogP contribution in [0.2, 0.25) is 0 Å². The average molecular weight is 927 g/mol. The predicted molar refractivity (Wildman–Crippen MR) is 256 cm³/mol. The Morgan fingerprint density at radius 3 is 1.48 bits per heavy atom. The minimum Gasteiger partial charge on any atom is -0.462 e. The number of carbonyl (C=O) groups excluding carboxylic acids is 2. The number of hydrogen-bond donors (Lipinski definition) is 4. The highest BCUT2D eigenvalue weighted by Gasteiger charge is 2.46. The van der Waals surface area contributed by atoms with Crippen LogP contribution in [0.5, 0.6) is 0 Å². The molecule has 6 atom stereocenters. The summed E-state index contributed by atoms with van der Waals surface area (Å²) in [5, 5.41) is 31.0. The maximum absolute atomic E-state index is 12.9. The van der Waals surface area contributed by atoms with Crippen molar-refractivity contribution < 1.29 is 56.8 Å². The lowest BCUT2D eigenvalue weighted by atomic mass is 10.00. The van der Waals surface area contributed by atoms with Crippen molar-refractivity contribution in [3.8, 4) is 0 Å². The van der Waals surface area contributed by atoms with Gasteiger partial charge in [0.1, 0.15) is 36.8 Å². The number of carbonyl (C=O) groups is 2. The van der Waals surface area contributed by atoms with Gasteiger partial charge in [-0.3, -0.25) is 14.1 Å². The van der Waals surface area contributed by atoms with Crippen molar-refractivity contribution in [3.05, 3.63) is 48.6 Å². The van der Waals surface area contributed by atoms with E-state index in [1.807, 2.05) is 0 Å². The molecule has 0 amide bonds. The molecule has 1 aliphatic heterocycles. The maximum atomic E-state index is 12.9. The number of aliphatic hydroxyl groups is 3. The number of unbranched alkanes of at least 4 members (excludes halogenated alkanes) is 22. The van der Waals surface area contributed by atoms with E-state index in [0.717, 1.165) is 83.5 Å². The Labute approximate surface area is 388 Å². The van der Waals surface area contributed by atoms with Gasteiger partial charge in [-0.2, -0.15) is 8.42 Å². The Balaban J connectivity index is 2.39. The molecule has 6 unspecified atom stereocenters. The first kappa shape index (κ1) is 59.6. The fourth-order valence-corrected chi connectivity index (χ4v) is 8.20. The molecule has 0 aromatic heterocycles. The summed E-state index contributed by atoms with van der Waals surface area (Å²) < 4.78 is 54.2. The Morgan fingerprint density at radius 2 is 0.984 bits per heavy atom. The van der Waals surface area contributed by atoms with E-state index in [0.29, 0.717) is 12.8 Å². The number of rotatable bonds is 42. The van der Waals surface area contributed by atoms with Crippen molar-refractivity contribution in [2.24, 2.45) is 0 Å². The van der Waals surface area contributed by atoms with Crippen LogP contribution in [-0.4, -0.2) is 96.0 Å². The van der Waals surface area contributed by atoms with Gasteiger partial charge in [0, 0.05) is 12.8 Å². The number of aliphatic hydroxyl groups excluding tert-OH is 3. The van der Waals surface area contributed by atoms with Gasteiger partial charge in [-0.25, -0.2) is 0 Å². The Morgan fingerprint density at radius 1 is 0.547 bits per heavy atom. The van der Waals surface area contributed by atoms with Crippen molar-refractivity contribution in [2.75, 3.05) is 19.0 Å². The number of ether oxygens (including phenoxy) is 4. The Kier molecular flexibility index (Phi) is 38.1. The zero-order chi connectivity index (χ0) is 46.9. The Hall–Kier alpha value is -2.39. The van der Waals surface area contributed by atoms with Crippen molar-refractivity contribution in [2.45, 2.75) is 243 Å². The van der Waals surface area contributed by atoms with E-state index in [2.05, 4.69) is 62.5 Å². The SMILES string of the molecule is CC/C=C\C/C=C\C/C=C\CCCCCCCCCC(=O)OC(COC(=O)CCCCCCCCCCC/C=C\CCCCCCCC)COC1OC(CS(=O)(=O)O)C(O)C(O)C1O. The van der Waals surface area contributed by atoms with Gasteiger partial charge in [-0.1, -0.05) is 172 Å². The molecule has 13 heteroatoms. The summed E-state index contributed by atoms with van der Waals surface area (Å²) in [5.41, 5.74) is 0. The van der Waals surface area contributed by atoms with E-state index in [4.69, 9.17) is 18.9 Å². The molecule has 1 aliphatic rings. The fraction of sp³-hybridized carbons (Fsp3) is 0.804. The highest BCUT2D eigenvalue weighted by molar-refractivity contribution is 7.85. The van der Waals surface area contributed by atoms with E-state index in [-0.39, 0.29) is 19.4 Å². The lowest BCUT2D eigenvalue weighted by Gasteiger charge is -2.40. The highest BCUT2D eigenvalue weighted by atomic mass is 32.2. The van der Waals surface area contributed by atoms with Gasteiger partial charge >= 0.3 is 11.9 Å². The monoisotopic (exact) mass is 927 g/mol. The van der Waals surface area contributed by atoms with Gasteiger partial charge in [0.05, 0.1) is 6.61 Å². The molecule has 1 rings (SSSR count). The molecular weight excluding hydrogens is 837 g/mol. The number of hydrogen-bond acceptors (Lipinski definition) is 11. The number of esters is 2. The smallest absolute Gasteiger partial charge is 0.306 e. The second kappa shape index (κ2) is 40.8. The predicted octanol–water partition coefficient (Wildman–Crippen LogP) is 11.1. The molecule has 1 heterocycles. The Bertz CT molecular complexity index is 1360. The summed E-state index contributed by atoms with van der Waals surface area (Å²) in [7, 11) is -4.61. The van der Waals surface area contributed by atoms with E-state index in [9.17, 15) is 37.9 Å². The normalized spacial score (nSPS) is 20.0. The third-order valence-corrected chi connectivity index (χ3v) is 12.1. The summed E-state index contributed by atoms with van der Waals surface area (Å²) >= 11 is 0. The minimum atomic E-state index is -4.61. The van der Waals surface area contributed by atoms with Crippen LogP contribution in [0.25, 0.3) is 0 Å². The lowest BCUT2D eigenvalue weighted by Crippen LogP contribution is -2.60. The van der Waals surface area contributed by atoms with Crippen molar-refractivity contribution in [3.63, 3.8) is 0 Å².